The van der Waals surface area contributed by atoms with Crippen molar-refractivity contribution in [2.75, 3.05) is 24.2 Å². The van der Waals surface area contributed by atoms with Crippen LogP contribution in [0.2, 0.25) is 0 Å². The van der Waals surface area contributed by atoms with Gasteiger partial charge in [0, 0.05) is 24.1 Å². The van der Waals surface area contributed by atoms with Crippen LogP contribution in [0.1, 0.15) is 44.3 Å². The molecule has 1 unspecified atom stereocenters. The van der Waals surface area contributed by atoms with E-state index in [9.17, 15) is 8.42 Å². The Morgan fingerprint density at radius 3 is 2.70 bits per heavy atom. The Labute approximate surface area is 174 Å². The highest BCUT2D eigenvalue weighted by atomic mass is 32.2. The summed E-state index contributed by atoms with van der Waals surface area (Å²) in [6, 6.07) is 0. The second kappa shape index (κ2) is 7.27. The number of rotatable bonds is 5. The molecular weight excluding hydrogens is 410 g/mol. The maximum Gasteiger partial charge on any atom is 0.264 e. The highest BCUT2D eigenvalue weighted by molar-refractivity contribution is 7.86. The molecule has 11 nitrogen and oxygen atoms in total. The van der Waals surface area contributed by atoms with Crippen molar-refractivity contribution in [2.24, 2.45) is 0 Å². The first-order chi connectivity index (χ1) is 14.0. The molecule has 0 aromatic carbocycles. The van der Waals surface area contributed by atoms with Gasteiger partial charge in [0.15, 0.2) is 17.0 Å². The Hall–Kier alpha value is -2.60. The van der Waals surface area contributed by atoms with Crippen molar-refractivity contribution in [3.05, 3.63) is 23.3 Å². The summed E-state index contributed by atoms with van der Waals surface area (Å²) in [6.07, 6.45) is 2.81. The van der Waals surface area contributed by atoms with Crippen LogP contribution in [0, 0.1) is 6.92 Å². The lowest BCUT2D eigenvalue weighted by atomic mass is 9.96. The summed E-state index contributed by atoms with van der Waals surface area (Å²) in [5.74, 6) is 1.28. The van der Waals surface area contributed by atoms with E-state index in [1.807, 2.05) is 32.6 Å². The third-order valence-electron chi connectivity index (χ3n) is 4.92. The lowest BCUT2D eigenvalue weighted by Gasteiger charge is -2.22. The fourth-order valence-corrected chi connectivity index (χ4v) is 4.01. The Bertz CT molecular complexity index is 1180. The fourth-order valence-electron chi connectivity index (χ4n) is 3.36. The molecule has 0 radical (unpaired) electrons. The lowest BCUT2D eigenvalue weighted by molar-refractivity contribution is 0.234. The van der Waals surface area contributed by atoms with Gasteiger partial charge in [-0.2, -0.15) is 8.42 Å². The van der Waals surface area contributed by atoms with Crippen molar-refractivity contribution >= 4 is 27.1 Å². The molecule has 3 aromatic heterocycles. The van der Waals surface area contributed by atoms with E-state index in [-0.39, 0.29) is 5.41 Å². The Morgan fingerprint density at radius 1 is 1.30 bits per heavy atom. The molecule has 0 saturated carbocycles. The van der Waals surface area contributed by atoms with Gasteiger partial charge in [0.2, 0.25) is 0 Å². The molecule has 1 aliphatic heterocycles. The molecule has 3 aromatic rings. The maximum atomic E-state index is 11.5. The van der Waals surface area contributed by atoms with Gasteiger partial charge in [0.25, 0.3) is 10.1 Å². The second-order valence-electron chi connectivity index (χ2n) is 8.64. The van der Waals surface area contributed by atoms with Crippen LogP contribution in [0.15, 0.2) is 10.8 Å². The third-order valence-corrected chi connectivity index (χ3v) is 5.54. The average molecular weight is 436 g/mol. The molecule has 162 valence electrons. The van der Waals surface area contributed by atoms with E-state index in [2.05, 4.69) is 15.5 Å². The topological polar surface area (TPSA) is 129 Å². The van der Waals surface area contributed by atoms with Crippen LogP contribution in [-0.4, -0.2) is 64.0 Å². The van der Waals surface area contributed by atoms with Gasteiger partial charge in [0.05, 0.1) is 18.9 Å². The smallest absolute Gasteiger partial charge is 0.264 e. The quantitative estimate of drug-likeness (QED) is 0.542. The van der Waals surface area contributed by atoms with Gasteiger partial charge in [-0.3, -0.25) is 4.18 Å². The predicted molar refractivity (Wildman–Crippen MR) is 109 cm³/mol. The first-order valence-corrected chi connectivity index (χ1v) is 11.5. The number of anilines is 1. The van der Waals surface area contributed by atoms with Gasteiger partial charge in [0.1, 0.15) is 17.8 Å². The minimum absolute atomic E-state index is 0.301. The summed E-state index contributed by atoms with van der Waals surface area (Å²) < 4.78 is 34.9. The van der Waals surface area contributed by atoms with Crippen molar-refractivity contribution < 1.29 is 17.1 Å². The number of hydrogen-bond donors (Lipinski definition) is 0. The third kappa shape index (κ3) is 4.15. The summed E-state index contributed by atoms with van der Waals surface area (Å²) >= 11 is 0. The SMILES string of the molecule is Cc1conc1Cn1nnc2c(N3CCC(OS(C)(=O)=O)C3)nc(C(C)(C)C)nc21. The minimum Gasteiger partial charge on any atom is -0.364 e. The zero-order chi connectivity index (χ0) is 21.7. The number of nitrogens with zero attached hydrogens (tertiary/aromatic N) is 7. The average Bonchev–Trinajstić information content (AvgIpc) is 3.34. The van der Waals surface area contributed by atoms with Gasteiger partial charge in [-0.05, 0) is 13.3 Å². The standard InChI is InChI=1S/C18H25N7O4S/c1-11-10-28-22-13(11)9-25-16-14(21-23-25)15(19-17(20-16)18(2,3)4)24-7-6-12(8-24)29-30(5,26)27/h10,12H,6-9H2,1-5H3. The van der Waals surface area contributed by atoms with E-state index in [0.29, 0.717) is 48.9 Å². The van der Waals surface area contributed by atoms with E-state index in [1.165, 1.54) is 0 Å². The largest absolute Gasteiger partial charge is 0.364 e. The zero-order valence-electron chi connectivity index (χ0n) is 17.7. The Balaban J connectivity index is 1.75. The summed E-state index contributed by atoms with van der Waals surface area (Å²) in [6.45, 7) is 9.40. The van der Waals surface area contributed by atoms with Crippen LogP contribution in [0.4, 0.5) is 5.82 Å². The van der Waals surface area contributed by atoms with Crippen molar-refractivity contribution in [3.63, 3.8) is 0 Å². The molecule has 1 aliphatic rings. The molecule has 30 heavy (non-hydrogen) atoms. The molecule has 1 atom stereocenters. The first-order valence-electron chi connectivity index (χ1n) is 9.66. The monoisotopic (exact) mass is 435 g/mol. The van der Waals surface area contributed by atoms with Crippen molar-refractivity contribution in [3.8, 4) is 0 Å². The molecular formula is C18H25N7O4S. The van der Waals surface area contributed by atoms with E-state index in [1.54, 1.807) is 10.9 Å². The molecule has 0 amide bonds. The molecule has 4 heterocycles. The Morgan fingerprint density at radius 2 is 2.07 bits per heavy atom. The van der Waals surface area contributed by atoms with Gasteiger partial charge in [-0.15, -0.1) is 5.10 Å². The van der Waals surface area contributed by atoms with Crippen molar-refractivity contribution in [1.82, 2.24) is 30.1 Å². The van der Waals surface area contributed by atoms with Crippen LogP contribution in [0.5, 0.6) is 0 Å². The van der Waals surface area contributed by atoms with E-state index in [4.69, 9.17) is 18.7 Å². The van der Waals surface area contributed by atoms with E-state index in [0.717, 1.165) is 17.5 Å². The molecule has 0 aliphatic carbocycles. The van der Waals surface area contributed by atoms with Crippen LogP contribution in [-0.2, 0) is 26.3 Å². The molecule has 0 spiro atoms. The summed E-state index contributed by atoms with van der Waals surface area (Å²) in [7, 11) is -3.52. The molecule has 0 N–H and O–H groups in total. The predicted octanol–water partition coefficient (Wildman–Crippen LogP) is 1.42. The lowest BCUT2D eigenvalue weighted by Crippen LogP contribution is -2.27. The van der Waals surface area contributed by atoms with Gasteiger partial charge < -0.3 is 9.42 Å². The number of aryl methyl sites for hydroxylation is 1. The van der Waals surface area contributed by atoms with Gasteiger partial charge in [-0.1, -0.05) is 31.1 Å². The van der Waals surface area contributed by atoms with Crippen LogP contribution in [0.3, 0.4) is 0 Å². The summed E-state index contributed by atoms with van der Waals surface area (Å²) in [4.78, 5) is 11.5. The normalized spacial score (nSPS) is 17.9. The van der Waals surface area contributed by atoms with E-state index >= 15 is 0 Å². The van der Waals surface area contributed by atoms with Crippen LogP contribution < -0.4 is 4.90 Å². The van der Waals surface area contributed by atoms with Gasteiger partial charge >= 0.3 is 0 Å². The number of hydrogen-bond acceptors (Lipinski definition) is 10. The molecule has 12 heteroatoms. The minimum atomic E-state index is -3.52. The summed E-state index contributed by atoms with van der Waals surface area (Å²) in [5, 5.41) is 12.6. The van der Waals surface area contributed by atoms with E-state index < -0.39 is 16.2 Å². The second-order valence-corrected chi connectivity index (χ2v) is 10.2. The highest BCUT2D eigenvalue weighted by Crippen LogP contribution is 2.30. The van der Waals surface area contributed by atoms with Crippen LogP contribution >= 0.6 is 0 Å². The first kappa shape index (κ1) is 20.7. The zero-order valence-corrected chi connectivity index (χ0v) is 18.5. The highest BCUT2D eigenvalue weighted by Gasteiger charge is 2.31. The van der Waals surface area contributed by atoms with Crippen LogP contribution in [0.25, 0.3) is 11.2 Å². The maximum absolute atomic E-state index is 11.5. The number of aromatic nitrogens is 6. The molecule has 1 fully saturated rings. The molecule has 0 bridgehead atoms. The van der Waals surface area contributed by atoms with Gasteiger partial charge in [-0.25, -0.2) is 14.6 Å². The fraction of sp³-hybridized carbons (Fsp3) is 0.611. The molecule has 4 rings (SSSR count). The van der Waals surface area contributed by atoms with Crippen molar-refractivity contribution in [2.45, 2.75) is 52.2 Å². The Kier molecular flexibility index (Phi) is 5.01. The van der Waals surface area contributed by atoms with Crippen molar-refractivity contribution in [1.29, 1.82) is 0 Å². The number of fused-ring (bicyclic) bond motifs is 1. The summed E-state index contributed by atoms with van der Waals surface area (Å²) in [5.41, 5.74) is 2.53. The molecule has 1 saturated heterocycles.